The van der Waals surface area contributed by atoms with Crippen LogP contribution < -0.4 is 4.90 Å². The highest BCUT2D eigenvalue weighted by molar-refractivity contribution is 14.2. The fourth-order valence-corrected chi connectivity index (χ4v) is 4.98. The van der Waals surface area contributed by atoms with Gasteiger partial charge in [-0.05, 0) is 54.9 Å². The van der Waals surface area contributed by atoms with Crippen LogP contribution in [-0.2, 0) is 10.2 Å². The Morgan fingerprint density at radius 3 is 2.96 bits per heavy atom. The van der Waals surface area contributed by atoms with Crippen molar-refractivity contribution in [3.05, 3.63) is 30.1 Å². The molecule has 1 aliphatic heterocycles. The first-order valence-corrected chi connectivity index (χ1v) is 13.1. The van der Waals surface area contributed by atoms with Crippen molar-refractivity contribution in [1.82, 2.24) is 24.1 Å². The van der Waals surface area contributed by atoms with Gasteiger partial charge in [0.05, 0.1) is 55.0 Å². The van der Waals surface area contributed by atoms with Crippen LogP contribution in [0, 0.1) is 11.3 Å². The van der Waals surface area contributed by atoms with Crippen LogP contribution in [0.5, 0.6) is 0 Å². The maximum atomic E-state index is 9.79. The minimum absolute atomic E-state index is 0.213. The molecular formula is C18H21IN7OP. The molecule has 2 atom stereocenters. The molecular weight excluding hydrogens is 488 g/mol. The third-order valence-electron chi connectivity index (χ3n) is 5.06. The predicted octanol–water partition coefficient (Wildman–Crippen LogP) is 3.41. The van der Waals surface area contributed by atoms with E-state index in [1.807, 2.05) is 34.9 Å². The van der Waals surface area contributed by atoms with Gasteiger partial charge in [0.2, 0.25) is 0 Å². The Balaban J connectivity index is 1.96. The van der Waals surface area contributed by atoms with E-state index in [0.717, 1.165) is 35.0 Å². The zero-order valence-electron chi connectivity index (χ0n) is 15.9. The van der Waals surface area contributed by atoms with E-state index in [4.69, 9.17) is 9.84 Å². The predicted molar refractivity (Wildman–Crippen MR) is 118 cm³/mol. The van der Waals surface area contributed by atoms with Crippen LogP contribution in [0.4, 0.5) is 5.82 Å². The second kappa shape index (κ2) is 7.58. The van der Waals surface area contributed by atoms with Crippen LogP contribution in [-0.4, -0.2) is 49.9 Å². The first-order valence-electron chi connectivity index (χ1n) is 9.02. The lowest BCUT2D eigenvalue weighted by molar-refractivity contribution is 0.0984. The van der Waals surface area contributed by atoms with Crippen molar-refractivity contribution >= 4 is 39.7 Å². The van der Waals surface area contributed by atoms with Crippen LogP contribution >= 0.6 is 28.4 Å². The molecule has 1 fully saturated rings. The Bertz CT molecular complexity index is 1050. The monoisotopic (exact) mass is 509 g/mol. The van der Waals surface area contributed by atoms with Gasteiger partial charge in [0, 0.05) is 12.1 Å². The number of nitriles is 1. The zero-order chi connectivity index (χ0) is 19.9. The third-order valence-corrected chi connectivity index (χ3v) is 6.94. The van der Waals surface area contributed by atoms with Crippen molar-refractivity contribution in [2.24, 2.45) is 0 Å². The number of morpholine rings is 1. The van der Waals surface area contributed by atoms with E-state index < -0.39 is 5.41 Å². The van der Waals surface area contributed by atoms with Gasteiger partial charge in [0.15, 0.2) is 5.82 Å². The molecule has 0 N–H and O–H groups in total. The number of ether oxygens (including phenoxy) is 1. The molecule has 1 unspecified atom stereocenters. The summed E-state index contributed by atoms with van der Waals surface area (Å²) in [7, 11) is 0. The molecule has 3 aromatic heterocycles. The highest BCUT2D eigenvalue weighted by atomic mass is 127. The molecule has 0 saturated carbocycles. The molecule has 4 rings (SSSR count). The van der Waals surface area contributed by atoms with E-state index in [0.29, 0.717) is 19.6 Å². The summed E-state index contributed by atoms with van der Waals surface area (Å²) in [6.45, 7) is 8.08. The fourth-order valence-electron chi connectivity index (χ4n) is 3.45. The summed E-state index contributed by atoms with van der Waals surface area (Å²) in [6.07, 6.45) is 4.04. The van der Waals surface area contributed by atoms with Crippen molar-refractivity contribution in [2.75, 3.05) is 24.7 Å². The molecule has 8 nitrogen and oxygen atoms in total. The average Bonchev–Trinajstić information content (AvgIpc) is 3.33. The van der Waals surface area contributed by atoms with Crippen molar-refractivity contribution in [2.45, 2.75) is 32.2 Å². The summed E-state index contributed by atoms with van der Waals surface area (Å²) < 4.78 is 9.36. The third kappa shape index (κ3) is 3.27. The molecule has 146 valence electrons. The SMILES string of the molecule is C[C@@H]1COCCN1c1cc(C(C)(C)C#N)c2cnc(-c3ccnn3PI)n2n1. The standard InChI is InChI=1S/C18H21IN7OP/c1-12-10-27-7-6-24(12)16-8-13(18(2,3)11-20)15-9-21-17(25(15)23-16)14-4-5-22-26(14)28-19/h4-5,8-9,12,28H,6-7,10H2,1-3H3/t12-/m1/s1. The fraction of sp³-hybridized carbons (Fsp3) is 0.444. The van der Waals surface area contributed by atoms with E-state index in [1.54, 1.807) is 12.4 Å². The quantitative estimate of drug-likeness (QED) is 0.396. The summed E-state index contributed by atoms with van der Waals surface area (Å²) in [4.78, 5) is 6.89. The van der Waals surface area contributed by atoms with Gasteiger partial charge >= 0.3 is 0 Å². The van der Waals surface area contributed by atoms with Crippen molar-refractivity contribution in [3.8, 4) is 17.6 Å². The van der Waals surface area contributed by atoms with Gasteiger partial charge in [-0.25, -0.2) is 14.0 Å². The van der Waals surface area contributed by atoms with Crippen LogP contribution in [0.15, 0.2) is 24.5 Å². The minimum Gasteiger partial charge on any atom is -0.377 e. The second-order valence-corrected chi connectivity index (χ2v) is 9.40. The lowest BCUT2D eigenvalue weighted by Gasteiger charge is -2.34. The number of rotatable bonds is 4. The van der Waals surface area contributed by atoms with E-state index in [2.05, 4.69) is 50.0 Å². The second-order valence-electron chi connectivity index (χ2n) is 7.36. The summed E-state index contributed by atoms with van der Waals surface area (Å²) >= 11 is 2.30. The van der Waals surface area contributed by atoms with Gasteiger partial charge < -0.3 is 9.64 Å². The van der Waals surface area contributed by atoms with Gasteiger partial charge in [0.1, 0.15) is 11.5 Å². The van der Waals surface area contributed by atoms with Crippen molar-refractivity contribution < 1.29 is 4.74 Å². The van der Waals surface area contributed by atoms with E-state index in [9.17, 15) is 5.26 Å². The number of imidazole rings is 1. The highest BCUT2D eigenvalue weighted by Gasteiger charge is 2.29. The van der Waals surface area contributed by atoms with E-state index >= 15 is 0 Å². The molecule has 1 saturated heterocycles. The van der Waals surface area contributed by atoms with Crippen molar-refractivity contribution in [1.29, 1.82) is 5.26 Å². The molecule has 10 heteroatoms. The van der Waals surface area contributed by atoms with Crippen LogP contribution in [0.3, 0.4) is 0 Å². The Labute approximate surface area is 178 Å². The molecule has 0 bridgehead atoms. The smallest absolute Gasteiger partial charge is 0.180 e. The normalized spacial score (nSPS) is 18.2. The zero-order valence-corrected chi connectivity index (χ0v) is 19.1. The van der Waals surface area contributed by atoms with E-state index in [1.165, 1.54) is 0 Å². The number of nitrogens with zero attached hydrogens (tertiary/aromatic N) is 7. The van der Waals surface area contributed by atoms with Crippen LogP contribution in [0.1, 0.15) is 26.3 Å². The number of fused-ring (bicyclic) bond motifs is 1. The minimum atomic E-state index is -0.670. The summed E-state index contributed by atoms with van der Waals surface area (Å²) in [5.74, 6) is 1.57. The summed E-state index contributed by atoms with van der Waals surface area (Å²) in [5.41, 5.74) is 2.00. The maximum Gasteiger partial charge on any atom is 0.180 e. The van der Waals surface area contributed by atoms with Crippen molar-refractivity contribution in [3.63, 3.8) is 0 Å². The largest absolute Gasteiger partial charge is 0.377 e. The Morgan fingerprint density at radius 2 is 2.25 bits per heavy atom. The van der Waals surface area contributed by atoms with Gasteiger partial charge in [-0.2, -0.15) is 10.4 Å². The molecule has 4 heterocycles. The molecule has 0 aromatic carbocycles. The lowest BCUT2D eigenvalue weighted by atomic mass is 9.86. The Kier molecular flexibility index (Phi) is 5.29. The van der Waals surface area contributed by atoms with Gasteiger partial charge in [-0.3, -0.25) is 0 Å². The van der Waals surface area contributed by atoms with Gasteiger partial charge in [0.25, 0.3) is 0 Å². The molecule has 3 aromatic rings. The number of anilines is 1. The molecule has 0 spiro atoms. The molecule has 0 aliphatic carbocycles. The molecule has 28 heavy (non-hydrogen) atoms. The molecule has 0 radical (unpaired) electrons. The first-order chi connectivity index (χ1) is 13.5. The Morgan fingerprint density at radius 1 is 1.43 bits per heavy atom. The average molecular weight is 509 g/mol. The number of aromatic nitrogens is 5. The Hall–Kier alpha value is -1.76. The van der Waals surface area contributed by atoms with Gasteiger partial charge in [-0.1, -0.05) is 0 Å². The number of halogens is 1. The highest BCUT2D eigenvalue weighted by Crippen LogP contribution is 2.34. The molecule has 0 amide bonds. The van der Waals surface area contributed by atoms with Gasteiger partial charge in [-0.15, -0.1) is 5.10 Å². The van der Waals surface area contributed by atoms with Crippen LogP contribution in [0.2, 0.25) is 0 Å². The maximum absolute atomic E-state index is 9.79. The van der Waals surface area contributed by atoms with Crippen LogP contribution in [0.25, 0.3) is 17.0 Å². The first kappa shape index (κ1) is 19.6. The lowest BCUT2D eigenvalue weighted by Crippen LogP contribution is -2.44. The molecule has 1 aliphatic rings. The summed E-state index contributed by atoms with van der Waals surface area (Å²) in [5, 5.41) is 19.1. The van der Waals surface area contributed by atoms with E-state index in [-0.39, 0.29) is 6.04 Å². The number of hydrogen-bond donors (Lipinski definition) is 0. The summed E-state index contributed by atoms with van der Waals surface area (Å²) in [6, 6.07) is 6.62. The number of hydrogen-bond acceptors (Lipinski definition) is 6. The topological polar surface area (TPSA) is 84.3 Å².